The molecule has 0 aliphatic carbocycles. The van der Waals surface area contributed by atoms with Gasteiger partial charge in [0, 0.05) is 13.0 Å². The second-order valence-corrected chi connectivity index (χ2v) is 6.39. The van der Waals surface area contributed by atoms with Crippen LogP contribution in [0.1, 0.15) is 53.4 Å². The minimum atomic E-state index is -0.586. The van der Waals surface area contributed by atoms with Crippen molar-refractivity contribution >= 4 is 11.8 Å². The summed E-state index contributed by atoms with van der Waals surface area (Å²) >= 11 is 0. The standard InChI is InChI=1S/C15H25N3O2/c1-5-8-17-15(4,11-16)7-6-9-18-12(19)10-14(2,3)13(18)20/h17H,5-10H2,1-4H3. The first-order valence-corrected chi connectivity index (χ1v) is 7.27. The Hall–Kier alpha value is -1.41. The number of nitriles is 1. The van der Waals surface area contributed by atoms with Crippen LogP contribution in [0.25, 0.3) is 0 Å². The normalized spacial score (nSPS) is 20.9. The third kappa shape index (κ3) is 3.80. The van der Waals surface area contributed by atoms with Crippen LogP contribution in [0.15, 0.2) is 0 Å². The molecular formula is C15H25N3O2. The number of nitrogens with zero attached hydrogens (tertiary/aromatic N) is 2. The summed E-state index contributed by atoms with van der Waals surface area (Å²) in [5.41, 5.74) is -1.16. The number of carbonyl (C=O) groups is 2. The molecule has 112 valence electrons. The average molecular weight is 279 g/mol. The molecule has 0 bridgehead atoms. The molecule has 20 heavy (non-hydrogen) atoms. The maximum absolute atomic E-state index is 12.1. The molecule has 0 spiro atoms. The van der Waals surface area contributed by atoms with Crippen molar-refractivity contribution in [1.29, 1.82) is 5.26 Å². The molecular weight excluding hydrogens is 254 g/mol. The lowest BCUT2D eigenvalue weighted by molar-refractivity contribution is -0.140. The van der Waals surface area contributed by atoms with Gasteiger partial charge in [0.2, 0.25) is 11.8 Å². The van der Waals surface area contributed by atoms with Gasteiger partial charge < -0.3 is 0 Å². The van der Waals surface area contributed by atoms with Crippen LogP contribution in [0.4, 0.5) is 0 Å². The Morgan fingerprint density at radius 1 is 1.45 bits per heavy atom. The Balaban J connectivity index is 2.50. The van der Waals surface area contributed by atoms with Crippen molar-refractivity contribution in [2.45, 2.75) is 58.9 Å². The summed E-state index contributed by atoms with van der Waals surface area (Å²) in [6, 6.07) is 2.28. The lowest BCUT2D eigenvalue weighted by Gasteiger charge is -2.24. The number of imide groups is 1. The summed E-state index contributed by atoms with van der Waals surface area (Å²) in [6.45, 7) is 8.71. The smallest absolute Gasteiger partial charge is 0.235 e. The molecule has 5 heteroatoms. The van der Waals surface area contributed by atoms with E-state index in [0.717, 1.165) is 13.0 Å². The molecule has 1 unspecified atom stereocenters. The number of likely N-dealkylation sites (tertiary alicyclic amines) is 1. The van der Waals surface area contributed by atoms with E-state index in [0.29, 0.717) is 19.4 Å². The highest BCUT2D eigenvalue weighted by Gasteiger charge is 2.44. The minimum absolute atomic E-state index is 0.0947. The van der Waals surface area contributed by atoms with Gasteiger partial charge in [0.1, 0.15) is 5.54 Å². The van der Waals surface area contributed by atoms with Crippen molar-refractivity contribution in [3.63, 3.8) is 0 Å². The number of carbonyl (C=O) groups excluding carboxylic acids is 2. The van der Waals surface area contributed by atoms with E-state index in [9.17, 15) is 14.9 Å². The molecule has 0 aromatic heterocycles. The molecule has 2 amide bonds. The number of hydrogen-bond acceptors (Lipinski definition) is 4. The van der Waals surface area contributed by atoms with Crippen LogP contribution in [0.3, 0.4) is 0 Å². The van der Waals surface area contributed by atoms with Gasteiger partial charge in [-0.2, -0.15) is 5.26 Å². The summed E-state index contributed by atoms with van der Waals surface area (Å²) in [5, 5.41) is 12.4. The Labute approximate surface area is 121 Å². The van der Waals surface area contributed by atoms with E-state index in [1.807, 2.05) is 6.92 Å². The predicted molar refractivity (Wildman–Crippen MR) is 76.7 cm³/mol. The summed E-state index contributed by atoms with van der Waals surface area (Å²) in [6.07, 6.45) is 2.53. The summed E-state index contributed by atoms with van der Waals surface area (Å²) < 4.78 is 0. The van der Waals surface area contributed by atoms with Crippen LogP contribution in [0, 0.1) is 16.7 Å². The topological polar surface area (TPSA) is 73.2 Å². The maximum atomic E-state index is 12.1. The van der Waals surface area contributed by atoms with Crippen LogP contribution in [-0.2, 0) is 9.59 Å². The zero-order chi connectivity index (χ0) is 15.4. The first-order chi connectivity index (χ1) is 9.25. The molecule has 1 N–H and O–H groups in total. The zero-order valence-electron chi connectivity index (χ0n) is 13.0. The molecule has 1 aliphatic rings. The molecule has 1 atom stereocenters. The van der Waals surface area contributed by atoms with Crippen LogP contribution in [0.5, 0.6) is 0 Å². The fraction of sp³-hybridized carbons (Fsp3) is 0.800. The second-order valence-electron chi connectivity index (χ2n) is 6.39. The van der Waals surface area contributed by atoms with E-state index in [2.05, 4.69) is 18.3 Å². The van der Waals surface area contributed by atoms with Crippen LogP contribution in [0.2, 0.25) is 0 Å². The Morgan fingerprint density at radius 3 is 2.55 bits per heavy atom. The van der Waals surface area contributed by atoms with Crippen molar-refractivity contribution in [1.82, 2.24) is 10.2 Å². The van der Waals surface area contributed by atoms with Crippen LogP contribution >= 0.6 is 0 Å². The van der Waals surface area contributed by atoms with Crippen molar-refractivity contribution in [3.8, 4) is 6.07 Å². The first kappa shape index (κ1) is 16.6. The monoisotopic (exact) mass is 279 g/mol. The molecule has 0 aromatic rings. The van der Waals surface area contributed by atoms with E-state index in [4.69, 9.17) is 0 Å². The molecule has 1 fully saturated rings. The number of amides is 2. The Morgan fingerprint density at radius 2 is 2.10 bits per heavy atom. The highest BCUT2D eigenvalue weighted by molar-refractivity contribution is 6.05. The molecule has 1 aliphatic heterocycles. The molecule has 0 aromatic carbocycles. The molecule has 5 nitrogen and oxygen atoms in total. The van der Waals surface area contributed by atoms with E-state index in [1.165, 1.54) is 4.90 Å². The number of nitrogens with one attached hydrogen (secondary N) is 1. The van der Waals surface area contributed by atoms with Gasteiger partial charge >= 0.3 is 0 Å². The number of hydrogen-bond donors (Lipinski definition) is 1. The summed E-state index contributed by atoms with van der Waals surface area (Å²) in [5.74, 6) is -0.192. The van der Waals surface area contributed by atoms with Crippen LogP contribution in [-0.4, -0.2) is 35.3 Å². The predicted octanol–water partition coefficient (Wildman–Crippen LogP) is 1.83. The van der Waals surface area contributed by atoms with E-state index in [-0.39, 0.29) is 18.2 Å². The van der Waals surface area contributed by atoms with E-state index in [1.54, 1.807) is 13.8 Å². The van der Waals surface area contributed by atoms with Gasteiger partial charge in [0.05, 0.1) is 11.5 Å². The van der Waals surface area contributed by atoms with Gasteiger partial charge in [-0.3, -0.25) is 19.8 Å². The largest absolute Gasteiger partial charge is 0.300 e. The zero-order valence-corrected chi connectivity index (χ0v) is 13.0. The summed E-state index contributed by atoms with van der Waals surface area (Å²) in [7, 11) is 0. The lowest BCUT2D eigenvalue weighted by atomic mass is 9.92. The third-order valence-electron chi connectivity index (χ3n) is 3.79. The highest BCUT2D eigenvalue weighted by atomic mass is 16.2. The molecule has 1 saturated heterocycles. The summed E-state index contributed by atoms with van der Waals surface area (Å²) in [4.78, 5) is 25.2. The van der Waals surface area contributed by atoms with Gasteiger partial charge in [0.15, 0.2) is 0 Å². The molecule has 1 rings (SSSR count). The molecule has 1 heterocycles. The van der Waals surface area contributed by atoms with Crippen molar-refractivity contribution < 1.29 is 9.59 Å². The number of rotatable bonds is 7. The van der Waals surface area contributed by atoms with Gasteiger partial charge in [-0.25, -0.2) is 0 Å². The van der Waals surface area contributed by atoms with Gasteiger partial charge in [-0.15, -0.1) is 0 Å². The first-order valence-electron chi connectivity index (χ1n) is 7.27. The average Bonchev–Trinajstić information content (AvgIpc) is 2.58. The van der Waals surface area contributed by atoms with E-state index >= 15 is 0 Å². The lowest BCUT2D eigenvalue weighted by Crippen LogP contribution is -2.42. The van der Waals surface area contributed by atoms with E-state index < -0.39 is 11.0 Å². The van der Waals surface area contributed by atoms with Crippen molar-refractivity contribution in [2.24, 2.45) is 5.41 Å². The van der Waals surface area contributed by atoms with Gasteiger partial charge in [-0.05, 0) is 32.7 Å². The molecule has 0 radical (unpaired) electrons. The quantitative estimate of drug-likeness (QED) is 0.722. The Bertz CT molecular complexity index is 425. The Kier molecular flexibility index (Phi) is 5.29. The van der Waals surface area contributed by atoms with Crippen molar-refractivity contribution in [3.05, 3.63) is 0 Å². The minimum Gasteiger partial charge on any atom is -0.300 e. The fourth-order valence-corrected chi connectivity index (χ4v) is 2.43. The third-order valence-corrected chi connectivity index (χ3v) is 3.79. The second kappa shape index (κ2) is 6.36. The van der Waals surface area contributed by atoms with Crippen molar-refractivity contribution in [2.75, 3.05) is 13.1 Å². The molecule has 0 saturated carbocycles. The SMILES string of the molecule is CCCNC(C)(C#N)CCCN1C(=O)CC(C)(C)C1=O. The van der Waals surface area contributed by atoms with Crippen LogP contribution < -0.4 is 5.32 Å². The maximum Gasteiger partial charge on any atom is 0.235 e. The van der Waals surface area contributed by atoms with Gasteiger partial charge in [0.25, 0.3) is 0 Å². The highest BCUT2D eigenvalue weighted by Crippen LogP contribution is 2.31. The van der Waals surface area contributed by atoms with Gasteiger partial charge in [-0.1, -0.05) is 20.8 Å². The fourth-order valence-electron chi connectivity index (χ4n) is 2.43.